The van der Waals surface area contributed by atoms with Crippen molar-refractivity contribution in [2.45, 2.75) is 26.4 Å². The van der Waals surface area contributed by atoms with E-state index in [-0.39, 0.29) is 11.9 Å². The van der Waals surface area contributed by atoms with E-state index in [9.17, 15) is 5.11 Å². The Hall–Kier alpha value is -1.82. The number of nitrogens with two attached hydrogens (primary N) is 1. The molecule has 6 nitrogen and oxygen atoms in total. The summed E-state index contributed by atoms with van der Waals surface area (Å²) in [4.78, 5) is 6.27. The Bertz CT molecular complexity index is 432. The van der Waals surface area contributed by atoms with Gasteiger partial charge in [0.1, 0.15) is 5.82 Å². The lowest BCUT2D eigenvalue weighted by Gasteiger charge is -2.21. The first-order chi connectivity index (χ1) is 8.45. The van der Waals surface area contributed by atoms with Crippen molar-refractivity contribution in [3.05, 3.63) is 23.4 Å². The molecule has 0 aliphatic rings. The molecule has 0 bridgehead atoms. The Morgan fingerprint density at radius 1 is 1.56 bits per heavy atom. The van der Waals surface area contributed by atoms with Gasteiger partial charge in [0, 0.05) is 19.3 Å². The molecule has 0 spiro atoms. The summed E-state index contributed by atoms with van der Waals surface area (Å²) in [5.41, 5.74) is 7.05. The predicted octanol–water partition coefficient (Wildman–Crippen LogP) is 0.692. The molecule has 1 aromatic rings. The van der Waals surface area contributed by atoms with E-state index < -0.39 is 0 Å². The molecule has 0 radical (unpaired) electrons. The van der Waals surface area contributed by atoms with E-state index in [4.69, 9.17) is 10.9 Å². The first kappa shape index (κ1) is 14.2. The molecule has 0 amide bonds. The van der Waals surface area contributed by atoms with Crippen LogP contribution < -0.4 is 10.6 Å². The van der Waals surface area contributed by atoms with Crippen LogP contribution in [-0.4, -0.2) is 40.8 Å². The van der Waals surface area contributed by atoms with Crippen molar-refractivity contribution in [2.24, 2.45) is 10.9 Å². The monoisotopic (exact) mass is 252 g/mol. The molecule has 1 aromatic heterocycles. The van der Waals surface area contributed by atoms with Crippen LogP contribution in [0.25, 0.3) is 0 Å². The van der Waals surface area contributed by atoms with Crippen molar-refractivity contribution in [3.63, 3.8) is 0 Å². The molecule has 4 N–H and O–H groups in total. The SMILES string of the molecule is Cc1ccc(/C(N)=N/O)c(N(C)CCC(C)O)n1. The zero-order valence-corrected chi connectivity index (χ0v) is 11.0. The van der Waals surface area contributed by atoms with Gasteiger partial charge < -0.3 is 20.9 Å². The van der Waals surface area contributed by atoms with Gasteiger partial charge in [-0.15, -0.1) is 0 Å². The fourth-order valence-electron chi connectivity index (χ4n) is 1.57. The number of aromatic nitrogens is 1. The number of aliphatic hydroxyl groups excluding tert-OH is 1. The Balaban J connectivity index is 3.01. The van der Waals surface area contributed by atoms with Crippen LogP contribution in [0.3, 0.4) is 0 Å². The molecule has 0 saturated carbocycles. The second kappa shape index (κ2) is 6.20. The number of oxime groups is 1. The molecule has 1 rings (SSSR count). The van der Waals surface area contributed by atoms with Gasteiger partial charge in [0.15, 0.2) is 5.84 Å². The second-order valence-corrected chi connectivity index (χ2v) is 4.37. The second-order valence-electron chi connectivity index (χ2n) is 4.37. The molecule has 1 atom stereocenters. The molecule has 100 valence electrons. The third-order valence-electron chi connectivity index (χ3n) is 2.64. The van der Waals surface area contributed by atoms with Crippen molar-refractivity contribution >= 4 is 11.7 Å². The number of amidine groups is 1. The van der Waals surface area contributed by atoms with Crippen molar-refractivity contribution < 1.29 is 10.3 Å². The molecule has 1 heterocycles. The van der Waals surface area contributed by atoms with Crippen LogP contribution in [0.5, 0.6) is 0 Å². The minimum atomic E-state index is -0.371. The number of pyridine rings is 1. The number of hydrogen-bond acceptors (Lipinski definition) is 5. The van der Waals surface area contributed by atoms with E-state index in [1.165, 1.54) is 0 Å². The third-order valence-corrected chi connectivity index (χ3v) is 2.64. The Kier molecular flexibility index (Phi) is 4.91. The number of aryl methyl sites for hydroxylation is 1. The highest BCUT2D eigenvalue weighted by Crippen LogP contribution is 2.17. The molecule has 18 heavy (non-hydrogen) atoms. The molecule has 0 fully saturated rings. The summed E-state index contributed by atoms with van der Waals surface area (Å²) in [6.45, 7) is 4.25. The molecule has 0 aromatic carbocycles. The first-order valence-corrected chi connectivity index (χ1v) is 5.80. The molecular weight excluding hydrogens is 232 g/mol. The number of anilines is 1. The zero-order valence-electron chi connectivity index (χ0n) is 11.0. The van der Waals surface area contributed by atoms with Crippen LogP contribution in [0.15, 0.2) is 17.3 Å². The molecule has 0 aliphatic carbocycles. The number of rotatable bonds is 5. The van der Waals surface area contributed by atoms with Gasteiger partial charge in [-0.3, -0.25) is 0 Å². The Morgan fingerprint density at radius 2 is 2.22 bits per heavy atom. The van der Waals surface area contributed by atoms with Gasteiger partial charge in [-0.05, 0) is 32.4 Å². The van der Waals surface area contributed by atoms with Crippen LogP contribution >= 0.6 is 0 Å². The Morgan fingerprint density at radius 3 is 2.78 bits per heavy atom. The fourth-order valence-corrected chi connectivity index (χ4v) is 1.57. The molecule has 6 heteroatoms. The highest BCUT2D eigenvalue weighted by atomic mass is 16.4. The Labute approximate surface area is 107 Å². The van der Waals surface area contributed by atoms with Crippen molar-refractivity contribution in [3.8, 4) is 0 Å². The predicted molar refractivity (Wildman–Crippen MR) is 71.1 cm³/mol. The van der Waals surface area contributed by atoms with Gasteiger partial charge >= 0.3 is 0 Å². The minimum Gasteiger partial charge on any atom is -0.409 e. The summed E-state index contributed by atoms with van der Waals surface area (Å²) in [6.07, 6.45) is 0.256. The normalized spacial score (nSPS) is 13.4. The minimum absolute atomic E-state index is 0.0291. The number of aliphatic hydroxyl groups is 1. The van der Waals surface area contributed by atoms with Gasteiger partial charge in [0.25, 0.3) is 0 Å². The van der Waals surface area contributed by atoms with E-state index >= 15 is 0 Å². The van der Waals surface area contributed by atoms with Crippen LogP contribution in [0, 0.1) is 6.92 Å². The van der Waals surface area contributed by atoms with E-state index in [1.54, 1.807) is 19.1 Å². The van der Waals surface area contributed by atoms with E-state index in [0.29, 0.717) is 24.3 Å². The van der Waals surface area contributed by atoms with Gasteiger partial charge in [0.2, 0.25) is 0 Å². The summed E-state index contributed by atoms with van der Waals surface area (Å²) in [6, 6.07) is 3.57. The maximum atomic E-state index is 9.29. The van der Waals surface area contributed by atoms with Gasteiger partial charge in [0.05, 0.1) is 11.7 Å². The quantitative estimate of drug-likeness (QED) is 0.310. The van der Waals surface area contributed by atoms with Gasteiger partial charge in [-0.1, -0.05) is 5.16 Å². The lowest BCUT2D eigenvalue weighted by Crippen LogP contribution is -2.27. The summed E-state index contributed by atoms with van der Waals surface area (Å²) < 4.78 is 0. The van der Waals surface area contributed by atoms with Crippen LogP contribution in [0.4, 0.5) is 5.82 Å². The third kappa shape index (κ3) is 3.59. The summed E-state index contributed by atoms with van der Waals surface area (Å²) in [5, 5.41) is 21.1. The standard InChI is InChI=1S/C12H20N4O2/c1-8-4-5-10(11(13)15-18)12(14-8)16(3)7-6-9(2)17/h4-5,9,17-18H,6-7H2,1-3H3,(H2,13,15). The lowest BCUT2D eigenvalue weighted by atomic mass is 10.2. The summed E-state index contributed by atoms with van der Waals surface area (Å²) in [5.74, 6) is 0.673. The van der Waals surface area contributed by atoms with Crippen LogP contribution in [-0.2, 0) is 0 Å². The van der Waals surface area contributed by atoms with Crippen LogP contribution in [0.1, 0.15) is 24.6 Å². The van der Waals surface area contributed by atoms with Gasteiger partial charge in [-0.2, -0.15) is 0 Å². The highest BCUT2D eigenvalue weighted by Gasteiger charge is 2.13. The van der Waals surface area contributed by atoms with Gasteiger partial charge in [-0.25, -0.2) is 4.98 Å². The molecule has 0 aliphatic heterocycles. The topological polar surface area (TPSA) is 95.0 Å². The average Bonchev–Trinajstić information content (AvgIpc) is 2.34. The fraction of sp³-hybridized carbons (Fsp3) is 0.500. The van der Waals surface area contributed by atoms with E-state index in [0.717, 1.165) is 5.69 Å². The highest BCUT2D eigenvalue weighted by molar-refractivity contribution is 6.01. The maximum absolute atomic E-state index is 9.29. The summed E-state index contributed by atoms with van der Waals surface area (Å²) in [7, 11) is 1.86. The van der Waals surface area contributed by atoms with Crippen molar-refractivity contribution in [1.82, 2.24) is 4.98 Å². The largest absolute Gasteiger partial charge is 0.409 e. The zero-order chi connectivity index (χ0) is 13.7. The van der Waals surface area contributed by atoms with Crippen molar-refractivity contribution in [1.29, 1.82) is 0 Å². The average molecular weight is 252 g/mol. The molecular formula is C12H20N4O2. The lowest BCUT2D eigenvalue weighted by molar-refractivity contribution is 0.187. The van der Waals surface area contributed by atoms with Crippen LogP contribution in [0.2, 0.25) is 0 Å². The van der Waals surface area contributed by atoms with Crippen molar-refractivity contribution in [2.75, 3.05) is 18.5 Å². The molecule has 1 unspecified atom stereocenters. The maximum Gasteiger partial charge on any atom is 0.173 e. The van der Waals surface area contributed by atoms with E-state index in [1.807, 2.05) is 18.9 Å². The number of hydrogen-bond donors (Lipinski definition) is 3. The first-order valence-electron chi connectivity index (χ1n) is 5.80. The number of nitrogens with zero attached hydrogens (tertiary/aromatic N) is 3. The summed E-state index contributed by atoms with van der Waals surface area (Å²) >= 11 is 0. The molecule has 0 saturated heterocycles. The van der Waals surface area contributed by atoms with E-state index in [2.05, 4.69) is 10.1 Å². The smallest absolute Gasteiger partial charge is 0.173 e.